The van der Waals surface area contributed by atoms with E-state index >= 15 is 0 Å². The van der Waals surface area contributed by atoms with Crippen molar-refractivity contribution in [2.45, 2.75) is 64.6 Å². The van der Waals surface area contributed by atoms with E-state index < -0.39 is 0 Å². The summed E-state index contributed by atoms with van der Waals surface area (Å²) in [5, 5.41) is 3.58. The van der Waals surface area contributed by atoms with E-state index in [1.165, 1.54) is 0 Å². The van der Waals surface area contributed by atoms with Crippen LogP contribution < -0.4 is 5.32 Å². The van der Waals surface area contributed by atoms with Crippen LogP contribution in [0.2, 0.25) is 0 Å². The summed E-state index contributed by atoms with van der Waals surface area (Å²) in [5.74, 6) is 0.101. The molecule has 0 bridgehead atoms. The van der Waals surface area contributed by atoms with Crippen molar-refractivity contribution < 1.29 is 9.53 Å². The minimum absolute atomic E-state index is 0.0865. The summed E-state index contributed by atoms with van der Waals surface area (Å²) in [6, 6.07) is 0. The summed E-state index contributed by atoms with van der Waals surface area (Å²) in [7, 11) is 0. The summed E-state index contributed by atoms with van der Waals surface area (Å²) >= 11 is 0. The number of rotatable bonds is 3. The molecule has 88 valence electrons. The fraction of sp³-hybridized carbons (Fsp3) is 0.917. The number of ether oxygens (including phenoxy) is 1. The molecule has 0 spiro atoms. The van der Waals surface area contributed by atoms with Gasteiger partial charge in [-0.1, -0.05) is 0 Å². The fourth-order valence-corrected chi connectivity index (χ4v) is 2.58. The number of carbonyl (C=O) groups is 1. The van der Waals surface area contributed by atoms with Gasteiger partial charge in [0, 0.05) is 11.1 Å². The Balaban J connectivity index is 2.55. The highest BCUT2D eigenvalue weighted by Crippen LogP contribution is 2.30. The lowest BCUT2D eigenvalue weighted by Gasteiger charge is -2.46. The topological polar surface area (TPSA) is 38.3 Å². The van der Waals surface area contributed by atoms with E-state index in [1.54, 1.807) is 6.92 Å². The van der Waals surface area contributed by atoms with Gasteiger partial charge >= 0.3 is 0 Å². The Morgan fingerprint density at radius 3 is 2.13 bits per heavy atom. The van der Waals surface area contributed by atoms with Crippen LogP contribution in [0.5, 0.6) is 0 Å². The van der Waals surface area contributed by atoms with Gasteiger partial charge in [-0.2, -0.15) is 0 Å². The molecule has 0 amide bonds. The largest absolute Gasteiger partial charge is 0.370 e. The van der Waals surface area contributed by atoms with Gasteiger partial charge in [-0.15, -0.1) is 0 Å². The quantitative estimate of drug-likeness (QED) is 0.778. The Morgan fingerprint density at radius 1 is 1.27 bits per heavy atom. The SMILES string of the molecule is CC(=O)COC1CC(C)(C)NC(C)(C)C1. The van der Waals surface area contributed by atoms with Gasteiger partial charge in [0.15, 0.2) is 5.78 Å². The van der Waals surface area contributed by atoms with Gasteiger partial charge < -0.3 is 10.1 Å². The van der Waals surface area contributed by atoms with Crippen molar-refractivity contribution in [3.05, 3.63) is 0 Å². The summed E-state index contributed by atoms with van der Waals surface area (Å²) in [6.45, 7) is 10.5. The summed E-state index contributed by atoms with van der Waals surface area (Å²) in [6.07, 6.45) is 2.12. The monoisotopic (exact) mass is 213 g/mol. The molecule has 0 atom stereocenters. The highest BCUT2D eigenvalue weighted by atomic mass is 16.5. The average Bonchev–Trinajstić information content (AvgIpc) is 1.94. The van der Waals surface area contributed by atoms with Gasteiger partial charge in [0.1, 0.15) is 6.61 Å². The van der Waals surface area contributed by atoms with Crippen LogP contribution >= 0.6 is 0 Å². The molecule has 0 radical (unpaired) electrons. The van der Waals surface area contributed by atoms with Crippen LogP contribution in [0.25, 0.3) is 0 Å². The molecule has 0 unspecified atom stereocenters. The van der Waals surface area contributed by atoms with Crippen molar-refractivity contribution in [2.75, 3.05) is 6.61 Å². The molecule has 1 fully saturated rings. The van der Waals surface area contributed by atoms with Crippen molar-refractivity contribution in [3.63, 3.8) is 0 Å². The molecule has 0 saturated carbocycles. The van der Waals surface area contributed by atoms with Crippen molar-refractivity contribution in [3.8, 4) is 0 Å². The smallest absolute Gasteiger partial charge is 0.155 e. The third kappa shape index (κ3) is 4.31. The van der Waals surface area contributed by atoms with Crippen molar-refractivity contribution in [1.29, 1.82) is 0 Å². The van der Waals surface area contributed by atoms with Crippen molar-refractivity contribution in [2.24, 2.45) is 0 Å². The predicted molar refractivity (Wildman–Crippen MR) is 60.9 cm³/mol. The molecule has 1 rings (SSSR count). The molecule has 3 heteroatoms. The third-order valence-corrected chi connectivity index (χ3v) is 2.68. The number of ketones is 1. The predicted octanol–water partition coefficient (Wildman–Crippen LogP) is 1.90. The van der Waals surface area contributed by atoms with Crippen molar-refractivity contribution in [1.82, 2.24) is 5.32 Å². The van der Waals surface area contributed by atoms with E-state index in [0.717, 1.165) is 12.8 Å². The molecule has 0 aliphatic carbocycles. The first-order chi connectivity index (χ1) is 6.70. The number of nitrogens with one attached hydrogen (secondary N) is 1. The lowest BCUT2D eigenvalue weighted by molar-refractivity contribution is -0.125. The van der Waals surface area contributed by atoms with Crippen molar-refractivity contribution >= 4 is 5.78 Å². The molecule has 1 heterocycles. The first kappa shape index (κ1) is 12.7. The van der Waals surface area contributed by atoms with Gasteiger partial charge in [-0.3, -0.25) is 4.79 Å². The van der Waals surface area contributed by atoms with E-state index in [2.05, 4.69) is 33.0 Å². The minimum Gasteiger partial charge on any atom is -0.370 e. The molecule has 1 N–H and O–H groups in total. The van der Waals surface area contributed by atoms with Crippen LogP contribution in [0.15, 0.2) is 0 Å². The van der Waals surface area contributed by atoms with Crippen LogP contribution in [-0.2, 0) is 9.53 Å². The Labute approximate surface area is 92.6 Å². The number of hydrogen-bond acceptors (Lipinski definition) is 3. The minimum atomic E-state index is 0.0865. The highest BCUT2D eigenvalue weighted by molar-refractivity contribution is 5.76. The molecular formula is C12H23NO2. The van der Waals surface area contributed by atoms with Gasteiger partial charge in [-0.05, 0) is 47.5 Å². The molecule has 0 aromatic heterocycles. The van der Waals surface area contributed by atoms with Gasteiger partial charge in [0.2, 0.25) is 0 Å². The first-order valence-electron chi connectivity index (χ1n) is 5.61. The number of carbonyl (C=O) groups excluding carboxylic acids is 1. The summed E-state index contributed by atoms with van der Waals surface area (Å²) < 4.78 is 5.63. The number of Topliss-reactive ketones (excluding diaryl/α,β-unsaturated/α-hetero) is 1. The van der Waals surface area contributed by atoms with E-state index in [0.29, 0.717) is 0 Å². The second-order valence-corrected chi connectivity index (χ2v) is 5.94. The Hall–Kier alpha value is -0.410. The second kappa shape index (κ2) is 4.22. The van der Waals surface area contributed by atoms with E-state index in [9.17, 15) is 4.79 Å². The summed E-state index contributed by atoms with van der Waals surface area (Å²) in [5.41, 5.74) is 0.173. The van der Waals surface area contributed by atoms with Crippen LogP contribution in [0, 0.1) is 0 Å². The summed E-state index contributed by atoms with van der Waals surface area (Å²) in [4.78, 5) is 10.9. The molecule has 3 nitrogen and oxygen atoms in total. The zero-order valence-corrected chi connectivity index (χ0v) is 10.5. The van der Waals surface area contributed by atoms with Gasteiger partial charge in [0.05, 0.1) is 6.10 Å². The third-order valence-electron chi connectivity index (χ3n) is 2.68. The molecule has 1 aliphatic heterocycles. The first-order valence-corrected chi connectivity index (χ1v) is 5.61. The van der Waals surface area contributed by atoms with Gasteiger partial charge in [0.25, 0.3) is 0 Å². The maximum atomic E-state index is 10.9. The molecule has 0 aromatic rings. The number of hydrogen-bond donors (Lipinski definition) is 1. The maximum Gasteiger partial charge on any atom is 0.155 e. The highest BCUT2D eigenvalue weighted by Gasteiger charge is 2.38. The lowest BCUT2D eigenvalue weighted by atomic mass is 9.81. The van der Waals surface area contributed by atoms with Crippen LogP contribution in [0.3, 0.4) is 0 Å². The number of piperidine rings is 1. The standard InChI is InChI=1S/C12H23NO2/c1-9(14)8-15-10-6-11(2,3)13-12(4,5)7-10/h10,13H,6-8H2,1-5H3. The van der Waals surface area contributed by atoms with E-state index in [4.69, 9.17) is 4.74 Å². The molecule has 1 saturated heterocycles. The van der Waals surface area contributed by atoms with Gasteiger partial charge in [-0.25, -0.2) is 0 Å². The Bertz CT molecular complexity index is 230. The van der Waals surface area contributed by atoms with E-state index in [-0.39, 0.29) is 29.6 Å². The zero-order chi connectivity index (χ0) is 11.7. The Kier molecular flexibility index (Phi) is 3.56. The molecule has 1 aliphatic rings. The Morgan fingerprint density at radius 2 is 1.73 bits per heavy atom. The van der Waals surface area contributed by atoms with Crippen LogP contribution in [0.4, 0.5) is 0 Å². The molecular weight excluding hydrogens is 190 g/mol. The maximum absolute atomic E-state index is 10.9. The fourth-order valence-electron chi connectivity index (χ4n) is 2.58. The van der Waals surface area contributed by atoms with Crippen LogP contribution in [0.1, 0.15) is 47.5 Å². The lowest BCUT2D eigenvalue weighted by Crippen LogP contribution is -2.59. The van der Waals surface area contributed by atoms with Crippen LogP contribution in [-0.4, -0.2) is 29.6 Å². The normalized spacial score (nSPS) is 25.1. The zero-order valence-electron chi connectivity index (χ0n) is 10.5. The van der Waals surface area contributed by atoms with E-state index in [1.807, 2.05) is 0 Å². The molecule has 15 heavy (non-hydrogen) atoms. The molecule has 0 aromatic carbocycles. The second-order valence-electron chi connectivity index (χ2n) is 5.94. The average molecular weight is 213 g/mol.